The van der Waals surface area contributed by atoms with Crippen LogP contribution < -0.4 is 10.2 Å². The molecule has 24 heavy (non-hydrogen) atoms. The Balaban J connectivity index is 1.73. The maximum atomic E-state index is 13.6. The monoisotopic (exact) mass is 332 g/mol. The molecule has 1 aromatic heterocycles. The lowest BCUT2D eigenvalue weighted by Crippen LogP contribution is -2.27. The normalized spacial score (nSPS) is 14.0. The van der Waals surface area contributed by atoms with Gasteiger partial charge in [0.25, 0.3) is 5.91 Å². The second-order valence-corrected chi connectivity index (χ2v) is 5.76. The summed E-state index contributed by atoms with van der Waals surface area (Å²) >= 11 is 0. The summed E-state index contributed by atoms with van der Waals surface area (Å²) in [5, 5.41) is 2.48. The van der Waals surface area contributed by atoms with Crippen molar-refractivity contribution in [2.45, 2.75) is 26.3 Å². The summed E-state index contributed by atoms with van der Waals surface area (Å²) in [6.07, 6.45) is 2.25. The summed E-state index contributed by atoms with van der Waals surface area (Å²) in [5.74, 6) is -1.37. The highest BCUT2D eigenvalue weighted by atomic mass is 19.1. The highest BCUT2D eigenvalue weighted by Gasteiger charge is 2.18. The fourth-order valence-electron chi connectivity index (χ4n) is 2.76. The van der Waals surface area contributed by atoms with Gasteiger partial charge in [0.2, 0.25) is 0 Å². The van der Waals surface area contributed by atoms with E-state index in [4.69, 9.17) is 0 Å². The van der Waals surface area contributed by atoms with Gasteiger partial charge >= 0.3 is 0 Å². The Labute approximate surface area is 138 Å². The number of halogens is 2. The number of rotatable bonds is 4. The molecule has 1 N–H and O–H groups in total. The van der Waals surface area contributed by atoms with Crippen molar-refractivity contribution < 1.29 is 13.6 Å². The summed E-state index contributed by atoms with van der Waals surface area (Å²) in [7, 11) is 0. The molecule has 0 atom stereocenters. The fraction of sp³-hybridized carbons (Fsp3) is 0.353. The predicted molar refractivity (Wildman–Crippen MR) is 85.7 cm³/mol. The molecule has 0 bridgehead atoms. The van der Waals surface area contributed by atoms with Gasteiger partial charge < -0.3 is 10.2 Å². The predicted octanol–water partition coefficient (Wildman–Crippen LogP) is 2.59. The van der Waals surface area contributed by atoms with Crippen LogP contribution in [0.2, 0.25) is 0 Å². The minimum absolute atomic E-state index is 0.00906. The van der Waals surface area contributed by atoms with Gasteiger partial charge in [0.05, 0.1) is 6.54 Å². The molecule has 5 nitrogen and oxygen atoms in total. The van der Waals surface area contributed by atoms with Crippen LogP contribution in [0.25, 0.3) is 0 Å². The first-order valence-corrected chi connectivity index (χ1v) is 7.86. The van der Waals surface area contributed by atoms with Crippen LogP contribution in [-0.2, 0) is 6.54 Å². The summed E-state index contributed by atoms with van der Waals surface area (Å²) in [4.78, 5) is 22.9. The van der Waals surface area contributed by atoms with Crippen LogP contribution in [-0.4, -0.2) is 29.0 Å². The van der Waals surface area contributed by atoms with Gasteiger partial charge in [0.15, 0.2) is 0 Å². The van der Waals surface area contributed by atoms with E-state index in [2.05, 4.69) is 20.2 Å². The van der Waals surface area contributed by atoms with Gasteiger partial charge in [-0.1, -0.05) is 6.07 Å². The smallest absolute Gasteiger partial charge is 0.257 e. The van der Waals surface area contributed by atoms with E-state index in [1.54, 1.807) is 0 Å². The summed E-state index contributed by atoms with van der Waals surface area (Å²) in [6.45, 7) is 3.75. The number of hydrogen-bond donors (Lipinski definition) is 1. The highest BCUT2D eigenvalue weighted by Crippen LogP contribution is 2.18. The first-order chi connectivity index (χ1) is 11.5. The minimum Gasteiger partial charge on any atom is -0.357 e. The minimum atomic E-state index is -0.893. The molecule has 2 aromatic rings. The van der Waals surface area contributed by atoms with E-state index >= 15 is 0 Å². The number of nitrogens with zero attached hydrogens (tertiary/aromatic N) is 3. The summed E-state index contributed by atoms with van der Waals surface area (Å²) in [5.41, 5.74) is 0.193. The first-order valence-electron chi connectivity index (χ1n) is 7.86. The van der Waals surface area contributed by atoms with E-state index in [-0.39, 0.29) is 6.54 Å². The lowest BCUT2D eigenvalue weighted by molar-refractivity contribution is 0.0941. The Bertz CT molecular complexity index is 740. The van der Waals surface area contributed by atoms with E-state index < -0.39 is 23.1 Å². The quantitative estimate of drug-likeness (QED) is 0.935. The number of anilines is 1. The topological polar surface area (TPSA) is 58.1 Å². The SMILES string of the molecule is Cc1cc(N2CCCC2)nc(CNC(=O)c2c(F)cccc2F)n1. The molecule has 3 rings (SSSR count). The lowest BCUT2D eigenvalue weighted by Gasteiger charge is -2.17. The summed E-state index contributed by atoms with van der Waals surface area (Å²) < 4.78 is 27.2. The van der Waals surface area contributed by atoms with Crippen LogP contribution in [0.1, 0.15) is 34.7 Å². The van der Waals surface area contributed by atoms with Crippen molar-refractivity contribution >= 4 is 11.7 Å². The number of benzene rings is 1. The molecule has 1 fully saturated rings. The van der Waals surface area contributed by atoms with E-state index in [1.807, 2.05) is 13.0 Å². The number of aromatic nitrogens is 2. The van der Waals surface area contributed by atoms with Crippen LogP contribution in [0.3, 0.4) is 0 Å². The average molecular weight is 332 g/mol. The van der Waals surface area contributed by atoms with Gasteiger partial charge in [-0.15, -0.1) is 0 Å². The number of carbonyl (C=O) groups excluding carboxylic acids is 1. The molecule has 2 heterocycles. The summed E-state index contributed by atoms with van der Waals surface area (Å²) in [6, 6.07) is 5.21. The molecule has 1 saturated heterocycles. The maximum Gasteiger partial charge on any atom is 0.257 e. The number of nitrogens with one attached hydrogen (secondary N) is 1. The van der Waals surface area contributed by atoms with Gasteiger partial charge in [-0.2, -0.15) is 0 Å². The first kappa shape index (κ1) is 16.3. The van der Waals surface area contributed by atoms with Crippen molar-refractivity contribution in [2.24, 2.45) is 0 Å². The fourth-order valence-corrected chi connectivity index (χ4v) is 2.76. The largest absolute Gasteiger partial charge is 0.357 e. The third kappa shape index (κ3) is 3.50. The zero-order chi connectivity index (χ0) is 17.1. The average Bonchev–Trinajstić information content (AvgIpc) is 3.07. The third-order valence-electron chi connectivity index (χ3n) is 3.91. The van der Waals surface area contributed by atoms with Crippen LogP contribution in [0.15, 0.2) is 24.3 Å². The van der Waals surface area contributed by atoms with E-state index in [0.717, 1.165) is 49.6 Å². The molecule has 7 heteroatoms. The van der Waals surface area contributed by atoms with E-state index in [0.29, 0.717) is 5.82 Å². The van der Waals surface area contributed by atoms with Crippen LogP contribution >= 0.6 is 0 Å². The van der Waals surface area contributed by atoms with Gasteiger partial charge in [-0.25, -0.2) is 18.7 Å². The zero-order valence-electron chi connectivity index (χ0n) is 13.4. The molecule has 0 aliphatic carbocycles. The molecular weight excluding hydrogens is 314 g/mol. The Morgan fingerprint density at radius 2 is 1.88 bits per heavy atom. The Kier molecular flexibility index (Phi) is 4.69. The number of amides is 1. The highest BCUT2D eigenvalue weighted by molar-refractivity contribution is 5.94. The zero-order valence-corrected chi connectivity index (χ0v) is 13.4. The number of carbonyl (C=O) groups is 1. The molecule has 1 aromatic carbocycles. The number of hydrogen-bond acceptors (Lipinski definition) is 4. The van der Waals surface area contributed by atoms with E-state index in [9.17, 15) is 13.6 Å². The Hall–Kier alpha value is -2.57. The van der Waals surface area contributed by atoms with Crippen molar-refractivity contribution in [2.75, 3.05) is 18.0 Å². The van der Waals surface area contributed by atoms with E-state index in [1.165, 1.54) is 6.07 Å². The van der Waals surface area contributed by atoms with Gasteiger partial charge in [-0.3, -0.25) is 4.79 Å². The van der Waals surface area contributed by atoms with Crippen molar-refractivity contribution in [3.05, 3.63) is 53.0 Å². The third-order valence-corrected chi connectivity index (χ3v) is 3.91. The van der Waals surface area contributed by atoms with Gasteiger partial charge in [0.1, 0.15) is 28.8 Å². The molecule has 0 saturated carbocycles. The maximum absolute atomic E-state index is 13.6. The van der Waals surface area contributed by atoms with Gasteiger partial charge in [-0.05, 0) is 31.9 Å². The second-order valence-electron chi connectivity index (χ2n) is 5.76. The van der Waals surface area contributed by atoms with Crippen molar-refractivity contribution in [3.8, 4) is 0 Å². The number of aryl methyl sites for hydroxylation is 1. The second kappa shape index (κ2) is 6.90. The molecule has 126 valence electrons. The standard InChI is InChI=1S/C17H18F2N4O/c1-11-9-15(23-7-2-3-8-23)22-14(21-11)10-20-17(24)16-12(18)5-4-6-13(16)19/h4-6,9H,2-3,7-8,10H2,1H3,(H,20,24). The molecule has 1 aliphatic rings. The van der Waals surface area contributed by atoms with Crippen LogP contribution in [0.5, 0.6) is 0 Å². The van der Waals surface area contributed by atoms with Crippen LogP contribution in [0, 0.1) is 18.6 Å². The Morgan fingerprint density at radius 1 is 1.21 bits per heavy atom. The molecular formula is C17H18F2N4O. The van der Waals surface area contributed by atoms with Gasteiger partial charge in [0, 0.05) is 24.8 Å². The molecule has 0 spiro atoms. The van der Waals surface area contributed by atoms with Crippen molar-refractivity contribution in [1.82, 2.24) is 15.3 Å². The molecule has 1 aliphatic heterocycles. The molecule has 0 radical (unpaired) electrons. The Morgan fingerprint density at radius 3 is 2.54 bits per heavy atom. The lowest BCUT2D eigenvalue weighted by atomic mass is 10.2. The van der Waals surface area contributed by atoms with Crippen molar-refractivity contribution in [3.63, 3.8) is 0 Å². The van der Waals surface area contributed by atoms with Crippen LogP contribution in [0.4, 0.5) is 14.6 Å². The molecule has 1 amide bonds. The van der Waals surface area contributed by atoms with Crippen molar-refractivity contribution in [1.29, 1.82) is 0 Å². The molecule has 0 unspecified atom stereocenters.